The van der Waals surface area contributed by atoms with Crippen molar-refractivity contribution in [1.82, 2.24) is 5.32 Å². The summed E-state index contributed by atoms with van der Waals surface area (Å²) < 4.78 is 18.6. The van der Waals surface area contributed by atoms with E-state index in [1.54, 1.807) is 29.2 Å². The van der Waals surface area contributed by atoms with E-state index in [0.29, 0.717) is 11.3 Å². The van der Waals surface area contributed by atoms with Crippen LogP contribution in [-0.4, -0.2) is 25.5 Å². The summed E-state index contributed by atoms with van der Waals surface area (Å²) in [6, 6.07) is 23.1. The van der Waals surface area contributed by atoms with Gasteiger partial charge < -0.3 is 15.0 Å². The molecule has 6 heteroatoms. The molecule has 5 nitrogen and oxygen atoms in total. The van der Waals surface area contributed by atoms with Crippen molar-refractivity contribution < 1.29 is 18.7 Å². The first kappa shape index (κ1) is 23.2. The Morgan fingerprint density at radius 3 is 2.34 bits per heavy atom. The number of benzene rings is 3. The zero-order valence-corrected chi connectivity index (χ0v) is 18.3. The van der Waals surface area contributed by atoms with Gasteiger partial charge in [-0.1, -0.05) is 54.6 Å². The van der Waals surface area contributed by atoms with Gasteiger partial charge in [0.15, 0.2) is 0 Å². The topological polar surface area (TPSA) is 58.6 Å². The number of rotatable bonds is 9. The van der Waals surface area contributed by atoms with Gasteiger partial charge >= 0.3 is 0 Å². The molecule has 0 spiro atoms. The number of amides is 2. The lowest BCUT2D eigenvalue weighted by Crippen LogP contribution is -2.33. The molecule has 0 aliphatic rings. The van der Waals surface area contributed by atoms with Crippen molar-refractivity contribution >= 4 is 17.5 Å². The highest BCUT2D eigenvalue weighted by molar-refractivity contribution is 5.94. The van der Waals surface area contributed by atoms with Gasteiger partial charge in [0, 0.05) is 12.8 Å². The number of carbonyl (C=O) groups excluding carboxylic acids is 2. The molecule has 0 fully saturated rings. The van der Waals surface area contributed by atoms with Crippen molar-refractivity contribution in [3.63, 3.8) is 0 Å². The van der Waals surface area contributed by atoms with Gasteiger partial charge in [-0.15, -0.1) is 0 Å². The fourth-order valence-electron chi connectivity index (χ4n) is 3.44. The minimum Gasteiger partial charge on any atom is -0.375 e. The molecule has 1 atom stereocenters. The summed E-state index contributed by atoms with van der Waals surface area (Å²) >= 11 is 0. The third kappa shape index (κ3) is 6.49. The van der Waals surface area contributed by atoms with Crippen LogP contribution in [0.1, 0.15) is 29.7 Å². The minimum absolute atomic E-state index is 0.0822. The van der Waals surface area contributed by atoms with Crippen LogP contribution in [0, 0.1) is 5.82 Å². The average molecular weight is 435 g/mol. The van der Waals surface area contributed by atoms with Crippen molar-refractivity contribution in [2.45, 2.75) is 25.9 Å². The number of nitrogens with zero attached hydrogens (tertiary/aromatic N) is 1. The van der Waals surface area contributed by atoms with E-state index in [0.717, 1.165) is 11.1 Å². The van der Waals surface area contributed by atoms with Gasteiger partial charge in [0.05, 0.1) is 19.0 Å². The van der Waals surface area contributed by atoms with Crippen LogP contribution in [0.25, 0.3) is 0 Å². The quantitative estimate of drug-likeness (QED) is 0.542. The molecule has 32 heavy (non-hydrogen) atoms. The van der Waals surface area contributed by atoms with Crippen LogP contribution in [0.2, 0.25) is 0 Å². The normalized spacial score (nSPS) is 11.6. The highest BCUT2D eigenvalue weighted by Gasteiger charge is 2.17. The minimum atomic E-state index is -0.354. The number of halogens is 1. The predicted molar refractivity (Wildman–Crippen MR) is 123 cm³/mol. The van der Waals surface area contributed by atoms with Crippen LogP contribution < -0.4 is 10.2 Å². The number of hydrogen-bond acceptors (Lipinski definition) is 3. The Morgan fingerprint density at radius 2 is 1.69 bits per heavy atom. The smallest absolute Gasteiger partial charge is 0.253 e. The molecule has 1 N–H and O–H groups in total. The van der Waals surface area contributed by atoms with E-state index in [1.807, 2.05) is 49.4 Å². The number of ether oxygens (including phenoxy) is 1. The molecule has 0 aromatic heterocycles. The van der Waals surface area contributed by atoms with Crippen LogP contribution in [-0.2, 0) is 27.3 Å². The molecule has 3 aromatic carbocycles. The lowest BCUT2D eigenvalue weighted by atomic mass is 10.1. The fourth-order valence-corrected chi connectivity index (χ4v) is 3.44. The summed E-state index contributed by atoms with van der Waals surface area (Å²) in [5.74, 6) is -0.673. The van der Waals surface area contributed by atoms with E-state index in [2.05, 4.69) is 5.32 Å². The number of hydrogen-bond donors (Lipinski definition) is 1. The SMILES string of the molecule is COCC(=O)N(Cc1cccc(F)c1)c1ccc(CC(=O)N[C@@H](C)c2ccccc2)cc1. The third-order valence-corrected chi connectivity index (χ3v) is 5.09. The number of nitrogens with one attached hydrogen (secondary N) is 1. The molecule has 0 saturated carbocycles. The molecule has 2 amide bonds. The summed E-state index contributed by atoms with van der Waals surface area (Å²) in [5, 5.41) is 3.00. The molecule has 3 aromatic rings. The maximum absolute atomic E-state index is 13.6. The largest absolute Gasteiger partial charge is 0.375 e. The molecule has 0 heterocycles. The number of carbonyl (C=O) groups is 2. The van der Waals surface area contributed by atoms with Gasteiger partial charge in [-0.3, -0.25) is 9.59 Å². The summed E-state index contributed by atoms with van der Waals surface area (Å²) in [7, 11) is 1.45. The monoisotopic (exact) mass is 434 g/mol. The van der Waals surface area contributed by atoms with Gasteiger partial charge in [0.25, 0.3) is 5.91 Å². The fraction of sp³-hybridized carbons (Fsp3) is 0.231. The van der Waals surface area contributed by atoms with E-state index >= 15 is 0 Å². The van der Waals surface area contributed by atoms with Gasteiger partial charge in [0.1, 0.15) is 12.4 Å². The molecule has 0 aliphatic heterocycles. The summed E-state index contributed by atoms with van der Waals surface area (Å²) in [6.07, 6.45) is 0.230. The van der Waals surface area contributed by atoms with Gasteiger partial charge in [-0.05, 0) is 47.9 Å². The molecule has 0 saturated heterocycles. The van der Waals surface area contributed by atoms with Gasteiger partial charge in [-0.25, -0.2) is 4.39 Å². The first-order chi connectivity index (χ1) is 15.5. The second kappa shape index (κ2) is 11.2. The molecule has 0 aliphatic carbocycles. The third-order valence-electron chi connectivity index (χ3n) is 5.09. The Bertz CT molecular complexity index is 1040. The van der Waals surface area contributed by atoms with E-state index in [4.69, 9.17) is 4.74 Å². The molecule has 166 valence electrons. The van der Waals surface area contributed by atoms with Crippen LogP contribution in [0.5, 0.6) is 0 Å². The van der Waals surface area contributed by atoms with Crippen LogP contribution in [0.3, 0.4) is 0 Å². The van der Waals surface area contributed by atoms with Crippen LogP contribution >= 0.6 is 0 Å². The van der Waals surface area contributed by atoms with E-state index < -0.39 is 0 Å². The lowest BCUT2D eigenvalue weighted by molar-refractivity contribution is -0.122. The lowest BCUT2D eigenvalue weighted by Gasteiger charge is -2.23. The summed E-state index contributed by atoms with van der Waals surface area (Å²) in [4.78, 5) is 26.6. The molecule has 0 unspecified atom stereocenters. The second-order valence-electron chi connectivity index (χ2n) is 7.59. The summed E-state index contributed by atoms with van der Waals surface area (Å²) in [6.45, 7) is 2.08. The second-order valence-corrected chi connectivity index (χ2v) is 7.59. The maximum Gasteiger partial charge on any atom is 0.253 e. The predicted octanol–water partition coefficient (Wildman–Crippen LogP) is 4.43. The van der Waals surface area contributed by atoms with E-state index in [-0.39, 0.29) is 43.2 Å². The zero-order valence-electron chi connectivity index (χ0n) is 18.3. The van der Waals surface area contributed by atoms with E-state index in [1.165, 1.54) is 19.2 Å². The first-order valence-corrected chi connectivity index (χ1v) is 10.4. The van der Waals surface area contributed by atoms with Crippen LogP contribution in [0.4, 0.5) is 10.1 Å². The Hall–Kier alpha value is -3.51. The van der Waals surface area contributed by atoms with E-state index in [9.17, 15) is 14.0 Å². The molecule has 0 bridgehead atoms. The standard InChI is InChI=1S/C26H27FN2O3/c1-19(22-8-4-3-5-9-22)28-25(30)16-20-11-13-24(14-12-20)29(26(31)18-32-2)17-21-7-6-10-23(27)15-21/h3-15,19H,16-18H2,1-2H3,(H,28,30)/t19-/m0/s1. The van der Waals surface area contributed by atoms with Gasteiger partial charge in [0.2, 0.25) is 5.91 Å². The highest BCUT2D eigenvalue weighted by atomic mass is 19.1. The van der Waals surface area contributed by atoms with Crippen molar-refractivity contribution in [3.8, 4) is 0 Å². The Labute approximate surface area is 187 Å². The Morgan fingerprint density at radius 1 is 0.969 bits per heavy atom. The average Bonchev–Trinajstić information content (AvgIpc) is 2.79. The highest BCUT2D eigenvalue weighted by Crippen LogP contribution is 2.20. The van der Waals surface area contributed by atoms with Gasteiger partial charge in [-0.2, -0.15) is 0 Å². The van der Waals surface area contributed by atoms with Crippen molar-refractivity contribution in [2.75, 3.05) is 18.6 Å². The molecular formula is C26H27FN2O3. The van der Waals surface area contributed by atoms with Crippen molar-refractivity contribution in [1.29, 1.82) is 0 Å². The Kier molecular flexibility index (Phi) is 8.11. The number of anilines is 1. The van der Waals surface area contributed by atoms with Crippen LogP contribution in [0.15, 0.2) is 78.9 Å². The molecule has 0 radical (unpaired) electrons. The Balaban J connectivity index is 1.68. The molecule has 3 rings (SSSR count). The van der Waals surface area contributed by atoms with Crippen molar-refractivity contribution in [3.05, 3.63) is 101 Å². The molecular weight excluding hydrogens is 407 g/mol. The summed E-state index contributed by atoms with van der Waals surface area (Å²) in [5.41, 5.74) is 3.20. The number of methoxy groups -OCH3 is 1. The maximum atomic E-state index is 13.6. The first-order valence-electron chi connectivity index (χ1n) is 10.4. The zero-order chi connectivity index (χ0) is 22.9. The van der Waals surface area contributed by atoms with Crippen molar-refractivity contribution in [2.24, 2.45) is 0 Å².